The van der Waals surface area contributed by atoms with Crippen molar-refractivity contribution in [2.75, 3.05) is 20.8 Å². The Balaban J connectivity index is 1.85. The fraction of sp³-hybridized carbons (Fsp3) is 0.227. The third-order valence-corrected chi connectivity index (χ3v) is 4.56. The minimum absolute atomic E-state index is 0.113. The summed E-state index contributed by atoms with van der Waals surface area (Å²) in [5.74, 6) is -2.36. The van der Waals surface area contributed by atoms with Crippen LogP contribution in [-0.4, -0.2) is 43.1 Å². The number of nitrogens with one attached hydrogen (secondary N) is 2. The van der Waals surface area contributed by atoms with Gasteiger partial charge in [-0.2, -0.15) is 0 Å². The number of hydrogen-bond acceptors (Lipinski definition) is 6. The summed E-state index contributed by atoms with van der Waals surface area (Å²) in [6.07, 6.45) is -5.06. The van der Waals surface area contributed by atoms with Crippen molar-refractivity contribution in [1.82, 2.24) is 15.3 Å². The summed E-state index contributed by atoms with van der Waals surface area (Å²) in [5.41, 5.74) is -0.187. The molecular weight excluding hydrogens is 462 g/mol. The van der Waals surface area contributed by atoms with E-state index in [1.807, 2.05) is 0 Å². The summed E-state index contributed by atoms with van der Waals surface area (Å²) in [4.78, 5) is 31.6. The number of alkyl halides is 3. The lowest BCUT2D eigenvalue weighted by Gasteiger charge is -2.19. The number of rotatable bonds is 8. The van der Waals surface area contributed by atoms with E-state index < -0.39 is 35.4 Å². The van der Waals surface area contributed by atoms with Gasteiger partial charge < -0.3 is 24.5 Å². The minimum Gasteiger partial charge on any atom is -0.497 e. The summed E-state index contributed by atoms with van der Waals surface area (Å²) < 4.78 is 65.0. The lowest BCUT2D eigenvalue weighted by Crippen LogP contribution is -2.33. The molecule has 1 amide bonds. The Hall–Kier alpha value is -3.93. The van der Waals surface area contributed by atoms with Gasteiger partial charge in [0.1, 0.15) is 17.3 Å². The number of ether oxygens (including phenoxy) is 3. The van der Waals surface area contributed by atoms with Crippen molar-refractivity contribution in [1.29, 1.82) is 0 Å². The number of carbonyl (C=O) groups is 1. The van der Waals surface area contributed by atoms with Crippen LogP contribution in [0.2, 0.25) is 0 Å². The Labute approximate surface area is 190 Å². The highest BCUT2D eigenvalue weighted by Crippen LogP contribution is 2.28. The van der Waals surface area contributed by atoms with Crippen LogP contribution in [0, 0.1) is 5.82 Å². The molecule has 0 aliphatic rings. The number of methoxy groups -OCH3 is 2. The molecule has 8 nitrogen and oxygen atoms in total. The molecule has 0 radical (unpaired) electrons. The normalized spacial score (nSPS) is 12.2. The number of halogens is 4. The van der Waals surface area contributed by atoms with Gasteiger partial charge in [-0.15, -0.1) is 13.2 Å². The van der Waals surface area contributed by atoms with E-state index in [0.717, 1.165) is 24.3 Å². The number of aromatic amines is 1. The summed E-state index contributed by atoms with van der Waals surface area (Å²) in [6, 6.07) is 9.33. The summed E-state index contributed by atoms with van der Waals surface area (Å²) in [7, 11) is 2.82. The largest absolute Gasteiger partial charge is 0.573 e. The average Bonchev–Trinajstić information content (AvgIpc) is 2.79. The van der Waals surface area contributed by atoms with Crippen molar-refractivity contribution in [3.05, 3.63) is 76.0 Å². The monoisotopic (exact) mass is 481 g/mol. The van der Waals surface area contributed by atoms with E-state index in [4.69, 9.17) is 9.47 Å². The fourth-order valence-corrected chi connectivity index (χ4v) is 3.02. The topological polar surface area (TPSA) is 103 Å². The maximum Gasteiger partial charge on any atom is 0.573 e. The maximum absolute atomic E-state index is 14.1. The van der Waals surface area contributed by atoms with E-state index in [1.165, 1.54) is 14.2 Å². The molecule has 3 aromatic rings. The summed E-state index contributed by atoms with van der Waals surface area (Å²) >= 11 is 0. The smallest absolute Gasteiger partial charge is 0.497 e. The summed E-state index contributed by atoms with van der Waals surface area (Å²) in [6.45, 7) is -0.140. The molecule has 0 unspecified atom stereocenters. The zero-order valence-electron chi connectivity index (χ0n) is 17.9. The lowest BCUT2D eigenvalue weighted by molar-refractivity contribution is -0.275. The molecule has 0 saturated carbocycles. The Kier molecular flexibility index (Phi) is 7.51. The first-order valence-electron chi connectivity index (χ1n) is 9.70. The number of H-pyrrole nitrogens is 1. The first kappa shape index (κ1) is 24.7. The highest BCUT2D eigenvalue weighted by molar-refractivity contribution is 5.92. The van der Waals surface area contributed by atoms with Gasteiger partial charge >= 0.3 is 6.36 Å². The molecule has 180 valence electrons. The van der Waals surface area contributed by atoms with Gasteiger partial charge in [0.2, 0.25) is 0 Å². The first-order chi connectivity index (χ1) is 16.1. The predicted octanol–water partition coefficient (Wildman–Crippen LogP) is 3.60. The zero-order valence-corrected chi connectivity index (χ0v) is 17.9. The Morgan fingerprint density at radius 1 is 1.12 bits per heavy atom. The van der Waals surface area contributed by atoms with Crippen LogP contribution in [0.4, 0.5) is 17.6 Å². The van der Waals surface area contributed by atoms with Gasteiger partial charge in [0.25, 0.3) is 11.5 Å². The van der Waals surface area contributed by atoms with Crippen LogP contribution in [0.3, 0.4) is 0 Å². The zero-order chi connectivity index (χ0) is 24.9. The minimum atomic E-state index is -5.06. The first-order valence-corrected chi connectivity index (χ1v) is 9.70. The second-order valence-electron chi connectivity index (χ2n) is 6.93. The third-order valence-electron chi connectivity index (χ3n) is 4.56. The molecule has 1 atom stereocenters. The second kappa shape index (κ2) is 10.3. The molecule has 0 fully saturated rings. The molecule has 0 aliphatic heterocycles. The van der Waals surface area contributed by atoms with Crippen molar-refractivity contribution in [3.63, 3.8) is 0 Å². The number of hydrogen-bond donors (Lipinski definition) is 2. The number of carbonyl (C=O) groups excluding carboxylic acids is 1. The lowest BCUT2D eigenvalue weighted by atomic mass is 10.1. The molecular formula is C22H19F4N3O5. The van der Waals surface area contributed by atoms with Crippen molar-refractivity contribution in [2.45, 2.75) is 12.4 Å². The highest BCUT2D eigenvalue weighted by atomic mass is 19.4. The van der Waals surface area contributed by atoms with Gasteiger partial charge in [0, 0.05) is 18.7 Å². The molecule has 12 heteroatoms. The molecule has 0 spiro atoms. The quantitative estimate of drug-likeness (QED) is 0.477. The standard InChI is InChI=1S/C22H19F4N3O5/c1-32-11-17(13-5-8-18(15(23)9-13)34-22(24,25)26)28-21(31)16-10-19(30)29-20(27-16)12-3-6-14(33-2)7-4-12/h3-10,17H,11H2,1-2H3,(H,28,31)(H,27,29,30)/t17-/m1/s1. The molecule has 0 saturated heterocycles. The molecule has 3 rings (SSSR count). The Bertz CT molecular complexity index is 1210. The van der Waals surface area contributed by atoms with Gasteiger partial charge in [-0.1, -0.05) is 6.07 Å². The Morgan fingerprint density at radius 3 is 2.41 bits per heavy atom. The van der Waals surface area contributed by atoms with Gasteiger partial charge in [0.05, 0.1) is 19.8 Å². The molecule has 1 aromatic heterocycles. The van der Waals surface area contributed by atoms with Crippen LogP contribution in [0.15, 0.2) is 53.3 Å². The van der Waals surface area contributed by atoms with E-state index in [-0.39, 0.29) is 23.7 Å². The van der Waals surface area contributed by atoms with E-state index in [2.05, 4.69) is 20.0 Å². The SMILES string of the molecule is COC[C@@H](NC(=O)c1cc(=O)[nH]c(-c2ccc(OC)cc2)n1)c1ccc(OC(F)(F)F)c(F)c1. The van der Waals surface area contributed by atoms with Gasteiger partial charge in [0.15, 0.2) is 11.6 Å². The molecule has 0 bridgehead atoms. The third kappa shape index (κ3) is 6.32. The van der Waals surface area contributed by atoms with E-state index in [9.17, 15) is 27.2 Å². The van der Waals surface area contributed by atoms with Gasteiger partial charge in [-0.05, 0) is 42.0 Å². The molecule has 2 aromatic carbocycles. The number of benzene rings is 2. The van der Waals surface area contributed by atoms with Crippen LogP contribution in [0.5, 0.6) is 11.5 Å². The van der Waals surface area contributed by atoms with E-state index in [0.29, 0.717) is 11.3 Å². The predicted molar refractivity (Wildman–Crippen MR) is 112 cm³/mol. The van der Waals surface area contributed by atoms with Crippen molar-refractivity contribution in [3.8, 4) is 22.9 Å². The van der Waals surface area contributed by atoms with Crippen LogP contribution < -0.4 is 20.3 Å². The Morgan fingerprint density at radius 2 is 1.82 bits per heavy atom. The maximum atomic E-state index is 14.1. The molecule has 2 N–H and O–H groups in total. The van der Waals surface area contributed by atoms with Crippen molar-refractivity contribution < 1.29 is 36.6 Å². The van der Waals surface area contributed by atoms with Crippen molar-refractivity contribution in [2.24, 2.45) is 0 Å². The van der Waals surface area contributed by atoms with E-state index >= 15 is 0 Å². The summed E-state index contributed by atoms with van der Waals surface area (Å²) in [5, 5.41) is 2.54. The second-order valence-corrected chi connectivity index (χ2v) is 6.93. The molecule has 0 aliphatic carbocycles. The van der Waals surface area contributed by atoms with Crippen LogP contribution in [-0.2, 0) is 4.74 Å². The highest BCUT2D eigenvalue weighted by Gasteiger charge is 2.32. The van der Waals surface area contributed by atoms with Crippen LogP contribution >= 0.6 is 0 Å². The number of amides is 1. The fourth-order valence-electron chi connectivity index (χ4n) is 3.02. The van der Waals surface area contributed by atoms with Crippen LogP contribution in [0.25, 0.3) is 11.4 Å². The molecule has 34 heavy (non-hydrogen) atoms. The van der Waals surface area contributed by atoms with E-state index in [1.54, 1.807) is 24.3 Å². The number of nitrogens with zero attached hydrogens (tertiary/aromatic N) is 1. The van der Waals surface area contributed by atoms with Gasteiger partial charge in [-0.25, -0.2) is 9.37 Å². The van der Waals surface area contributed by atoms with Gasteiger partial charge in [-0.3, -0.25) is 9.59 Å². The van der Waals surface area contributed by atoms with Crippen molar-refractivity contribution >= 4 is 5.91 Å². The average molecular weight is 481 g/mol. The number of aromatic nitrogens is 2. The van der Waals surface area contributed by atoms with Crippen LogP contribution in [0.1, 0.15) is 22.1 Å². The molecule has 1 heterocycles.